The van der Waals surface area contributed by atoms with Crippen LogP contribution in [0.4, 0.5) is 36.2 Å². The number of halogens is 3. The number of alkyl halides is 3. The molecule has 0 radical (unpaired) electrons. The molecule has 206 valence electrons. The molecule has 2 aromatic carbocycles. The van der Waals surface area contributed by atoms with Crippen LogP contribution in [0.25, 0.3) is 22.6 Å². The predicted molar refractivity (Wildman–Crippen MR) is 142 cm³/mol. The van der Waals surface area contributed by atoms with Crippen LogP contribution < -0.4 is 15.0 Å². The zero-order chi connectivity index (χ0) is 30.8. The molecule has 0 spiro atoms. The molecule has 11 nitrogen and oxygen atoms in total. The Balaban J connectivity index is 1.78. The summed E-state index contributed by atoms with van der Waals surface area (Å²) < 4.78 is 69.3. The van der Waals surface area contributed by atoms with Crippen molar-refractivity contribution in [3.63, 3.8) is 0 Å². The average molecular weight is 548 g/mol. The Bertz CT molecular complexity index is 1590. The number of fused-ring (bicyclic) bond motifs is 1. The van der Waals surface area contributed by atoms with Gasteiger partial charge in [0, 0.05) is 38.5 Å². The van der Waals surface area contributed by atoms with Gasteiger partial charge in [-0.1, -0.05) is 12.1 Å². The van der Waals surface area contributed by atoms with E-state index in [4.69, 9.17) is 8.85 Å². The molecule has 39 heavy (non-hydrogen) atoms. The number of methoxy groups -OCH3 is 1. The third-order valence-corrected chi connectivity index (χ3v) is 5.80. The first-order valence-electron chi connectivity index (χ1n) is 13.1. The number of hydrogen-bond donors (Lipinski definition) is 1. The average Bonchev–Trinajstić information content (AvgIpc) is 3.24. The largest absolute Gasteiger partial charge is 0.494 e. The number of ether oxygens (including phenoxy) is 1. The highest BCUT2D eigenvalue weighted by Crippen LogP contribution is 2.39. The maximum absolute atomic E-state index is 13.5. The minimum atomic E-state index is -4.55. The van der Waals surface area contributed by atoms with E-state index in [1.54, 1.807) is 30.1 Å². The van der Waals surface area contributed by atoms with Gasteiger partial charge in [-0.05, 0) is 32.3 Å². The van der Waals surface area contributed by atoms with E-state index in [1.807, 2.05) is 19.0 Å². The monoisotopic (exact) mass is 547 g/mol. The van der Waals surface area contributed by atoms with Crippen molar-refractivity contribution in [2.75, 3.05) is 51.5 Å². The van der Waals surface area contributed by atoms with Crippen molar-refractivity contribution in [3.8, 4) is 17.3 Å². The summed E-state index contributed by atoms with van der Waals surface area (Å²) in [5.74, 6) is -0.510. The van der Waals surface area contributed by atoms with Crippen molar-refractivity contribution in [2.24, 2.45) is 0 Å². The van der Waals surface area contributed by atoms with Gasteiger partial charge >= 0.3 is 6.18 Å². The van der Waals surface area contributed by atoms with Crippen LogP contribution in [0.3, 0.4) is 0 Å². The number of hydrogen-bond acceptors (Lipinski definition) is 9. The lowest BCUT2D eigenvalue weighted by atomic mass is 10.2. The molecule has 2 aromatic heterocycles. The van der Waals surface area contributed by atoms with Crippen LogP contribution in [-0.2, 0) is 6.54 Å². The Labute approximate surface area is 226 Å². The number of nitro groups is 1. The zero-order valence-corrected chi connectivity index (χ0v) is 21.2. The number of benzene rings is 2. The zero-order valence-electron chi connectivity index (χ0n) is 24.2. The second-order valence-corrected chi connectivity index (χ2v) is 8.94. The maximum Gasteiger partial charge on any atom is 0.406 e. The van der Waals surface area contributed by atoms with E-state index in [0.29, 0.717) is 18.6 Å². The summed E-state index contributed by atoms with van der Waals surface area (Å²) in [5, 5.41) is 14.7. The molecule has 4 rings (SSSR count). The molecule has 0 aliphatic heterocycles. The van der Waals surface area contributed by atoms with E-state index in [2.05, 4.69) is 20.3 Å². The molecule has 0 fully saturated rings. The highest BCUT2D eigenvalue weighted by Gasteiger charge is 2.31. The van der Waals surface area contributed by atoms with E-state index >= 15 is 0 Å². The Hall–Kier alpha value is -4.46. The van der Waals surface area contributed by atoms with E-state index in [-0.39, 0.29) is 45.8 Å². The van der Waals surface area contributed by atoms with Gasteiger partial charge in [-0.2, -0.15) is 13.2 Å². The van der Waals surface area contributed by atoms with Gasteiger partial charge < -0.3 is 24.4 Å². The summed E-state index contributed by atoms with van der Waals surface area (Å²) in [6.07, 6.45) is -3.28. The minimum absolute atomic E-state index is 0.0285. The number of likely N-dealkylation sites (N-methyl/N-ethyl adjacent to an activating group) is 2. The highest BCUT2D eigenvalue weighted by molar-refractivity contribution is 5.80. The van der Waals surface area contributed by atoms with Gasteiger partial charge in [0.15, 0.2) is 5.82 Å². The van der Waals surface area contributed by atoms with Gasteiger partial charge in [-0.3, -0.25) is 10.1 Å². The fourth-order valence-electron chi connectivity index (χ4n) is 3.94. The fourth-order valence-corrected chi connectivity index (χ4v) is 3.94. The van der Waals surface area contributed by atoms with Crippen LogP contribution in [0.15, 0.2) is 48.7 Å². The van der Waals surface area contributed by atoms with Gasteiger partial charge in [0.2, 0.25) is 5.95 Å². The number of rotatable bonds is 10. The van der Waals surface area contributed by atoms with Crippen molar-refractivity contribution in [3.05, 3.63) is 58.8 Å². The second kappa shape index (κ2) is 11.1. The van der Waals surface area contributed by atoms with Crippen LogP contribution >= 0.6 is 0 Å². The quantitative estimate of drug-likeness (QED) is 0.223. The summed E-state index contributed by atoms with van der Waals surface area (Å²) in [6, 6.07) is 10.0. The molecule has 2 heterocycles. The lowest BCUT2D eigenvalue weighted by Gasteiger charge is -2.22. The lowest BCUT2D eigenvalue weighted by molar-refractivity contribution is -0.384. The fraction of sp³-hybridized carbons (Fsp3) is 0.320. The molecular weight excluding hydrogens is 517 g/mol. The summed E-state index contributed by atoms with van der Waals surface area (Å²) >= 11 is 0. The Kier molecular flexibility index (Phi) is 6.73. The number of nitro benzene ring substituents is 1. The van der Waals surface area contributed by atoms with Gasteiger partial charge in [0.05, 0.1) is 32.8 Å². The number of nitrogens with one attached hydrogen (secondary N) is 1. The Morgan fingerprint density at radius 2 is 1.92 bits per heavy atom. The van der Waals surface area contributed by atoms with Gasteiger partial charge in [0.25, 0.3) is 5.69 Å². The van der Waals surface area contributed by atoms with Gasteiger partial charge in [-0.15, -0.1) is 0 Å². The first-order chi connectivity index (χ1) is 19.6. The van der Waals surface area contributed by atoms with E-state index in [0.717, 1.165) is 10.6 Å². The molecule has 0 atom stereocenters. The van der Waals surface area contributed by atoms with Crippen molar-refractivity contribution < 1.29 is 26.9 Å². The van der Waals surface area contributed by atoms with Crippen molar-refractivity contribution >= 4 is 34.0 Å². The summed E-state index contributed by atoms with van der Waals surface area (Å²) in [4.78, 5) is 27.5. The topological polar surface area (TPSA) is 114 Å². The first kappa shape index (κ1) is 23.6. The smallest absolute Gasteiger partial charge is 0.406 e. The summed E-state index contributed by atoms with van der Waals surface area (Å²) in [7, 11) is 2.39. The predicted octanol–water partition coefficient (Wildman–Crippen LogP) is 4.71. The standard InChI is InChI=1S/C25H27F3N8O3/c1-33(2)11-12-34(3)20-14-22(39-4)18(13-21(20)36(37)38)32-24-29-10-9-17(31-24)23-30-16-7-5-6-8-19(16)35(23)15-25(26,27)28/h5-10,13-14H,11-12,15H2,1-4H3,(H,29,31,32)/i4D3. The van der Waals surface area contributed by atoms with E-state index < -0.39 is 24.7 Å². The van der Waals surface area contributed by atoms with E-state index in [1.165, 1.54) is 24.4 Å². The molecule has 14 heteroatoms. The third kappa shape index (κ3) is 6.34. The van der Waals surface area contributed by atoms with Crippen LogP contribution in [0.1, 0.15) is 4.11 Å². The molecule has 0 saturated carbocycles. The van der Waals surface area contributed by atoms with Gasteiger partial charge in [0.1, 0.15) is 23.7 Å². The SMILES string of the molecule is [2H]C([2H])([2H])Oc1cc(N(C)CCN(C)C)c([N+](=O)[O-])cc1Nc1nccc(-c2nc3ccccc3n2CC(F)(F)F)n1. The van der Waals surface area contributed by atoms with Crippen LogP contribution in [0, 0.1) is 10.1 Å². The minimum Gasteiger partial charge on any atom is -0.494 e. The van der Waals surface area contributed by atoms with Crippen molar-refractivity contribution in [1.82, 2.24) is 24.4 Å². The third-order valence-electron chi connectivity index (χ3n) is 5.80. The highest BCUT2D eigenvalue weighted by atomic mass is 19.4. The van der Waals surface area contributed by atoms with Crippen LogP contribution in [0.5, 0.6) is 5.75 Å². The number of anilines is 3. The van der Waals surface area contributed by atoms with Gasteiger partial charge in [-0.25, -0.2) is 15.0 Å². The number of nitrogens with zero attached hydrogens (tertiary/aromatic N) is 7. The molecule has 0 aliphatic rings. The normalized spacial score (nSPS) is 13.2. The van der Waals surface area contributed by atoms with Crippen molar-refractivity contribution in [1.29, 1.82) is 0 Å². The van der Waals surface area contributed by atoms with Crippen LogP contribution in [0.2, 0.25) is 0 Å². The molecule has 0 aliphatic carbocycles. The first-order valence-corrected chi connectivity index (χ1v) is 11.6. The molecular formula is C25H27F3N8O3. The molecule has 1 N–H and O–H groups in total. The van der Waals surface area contributed by atoms with Crippen molar-refractivity contribution in [2.45, 2.75) is 12.7 Å². The number of aromatic nitrogens is 4. The Morgan fingerprint density at radius 1 is 1.15 bits per heavy atom. The number of para-hydroxylation sites is 2. The van der Waals surface area contributed by atoms with E-state index in [9.17, 15) is 23.3 Å². The lowest BCUT2D eigenvalue weighted by Crippen LogP contribution is -2.28. The number of imidazole rings is 1. The Morgan fingerprint density at radius 3 is 2.62 bits per heavy atom. The molecule has 0 unspecified atom stereocenters. The molecule has 0 bridgehead atoms. The summed E-state index contributed by atoms with van der Waals surface area (Å²) in [6.45, 7) is -0.373. The summed E-state index contributed by atoms with van der Waals surface area (Å²) in [5.41, 5.74) is 0.227. The molecule has 0 saturated heterocycles. The maximum atomic E-state index is 13.5. The van der Waals surface area contributed by atoms with Crippen LogP contribution in [-0.4, -0.2) is 76.8 Å². The molecule has 4 aromatic rings. The molecule has 0 amide bonds. The second-order valence-electron chi connectivity index (χ2n) is 8.94.